The number of amides is 3. The Hall–Kier alpha value is -2.24. The zero-order valence-corrected chi connectivity index (χ0v) is 10.9. The molecule has 6 nitrogen and oxygen atoms in total. The molecule has 0 fully saturated rings. The van der Waals surface area contributed by atoms with Crippen LogP contribution in [0.25, 0.3) is 0 Å². The van der Waals surface area contributed by atoms with Gasteiger partial charge in [-0.1, -0.05) is 0 Å². The van der Waals surface area contributed by atoms with E-state index in [-0.39, 0.29) is 6.03 Å². The van der Waals surface area contributed by atoms with Gasteiger partial charge in [-0.2, -0.15) is 0 Å². The van der Waals surface area contributed by atoms with Crippen molar-refractivity contribution in [3.63, 3.8) is 0 Å². The second-order valence-electron chi connectivity index (χ2n) is 3.76. The van der Waals surface area contributed by atoms with E-state index in [1.54, 1.807) is 24.3 Å². The molecule has 0 aliphatic rings. The molecule has 0 radical (unpaired) electrons. The lowest BCUT2D eigenvalue weighted by atomic mass is 10.3. The Bertz CT molecular complexity index is 393. The van der Waals surface area contributed by atoms with Crippen molar-refractivity contribution < 1.29 is 14.3 Å². The normalized spacial score (nSPS) is 9.53. The number of rotatable bonds is 8. The van der Waals surface area contributed by atoms with Gasteiger partial charge in [0.15, 0.2) is 0 Å². The Kier molecular flexibility index (Phi) is 6.86. The zero-order valence-electron chi connectivity index (χ0n) is 10.9. The maximum absolute atomic E-state index is 11.5. The first-order valence-corrected chi connectivity index (χ1v) is 6.21. The van der Waals surface area contributed by atoms with Crippen LogP contribution < -0.4 is 20.7 Å². The second kappa shape index (κ2) is 8.79. The van der Waals surface area contributed by atoms with E-state index in [1.807, 2.05) is 6.92 Å². The van der Waals surface area contributed by atoms with E-state index in [9.17, 15) is 9.59 Å². The van der Waals surface area contributed by atoms with Crippen LogP contribution in [0.3, 0.4) is 0 Å². The van der Waals surface area contributed by atoms with Gasteiger partial charge >= 0.3 is 6.03 Å². The SMILES string of the molecule is CCOc1ccc(NC(=O)NCCCNC=O)cc1. The number of benzene rings is 1. The number of ether oxygens (including phenoxy) is 1. The second-order valence-corrected chi connectivity index (χ2v) is 3.76. The summed E-state index contributed by atoms with van der Waals surface area (Å²) in [5.74, 6) is 0.772. The van der Waals surface area contributed by atoms with Crippen molar-refractivity contribution in [2.45, 2.75) is 13.3 Å². The highest BCUT2D eigenvalue weighted by Gasteiger charge is 2.01. The molecule has 19 heavy (non-hydrogen) atoms. The predicted octanol–water partition coefficient (Wildman–Crippen LogP) is 1.34. The average Bonchev–Trinajstić information content (AvgIpc) is 2.41. The van der Waals surface area contributed by atoms with Crippen LogP contribution in [0.15, 0.2) is 24.3 Å². The van der Waals surface area contributed by atoms with Gasteiger partial charge in [0.1, 0.15) is 5.75 Å². The number of hydrogen-bond acceptors (Lipinski definition) is 3. The van der Waals surface area contributed by atoms with Crippen LogP contribution in [-0.2, 0) is 4.79 Å². The molecule has 0 unspecified atom stereocenters. The molecule has 0 heterocycles. The van der Waals surface area contributed by atoms with Crippen molar-refractivity contribution in [3.8, 4) is 5.75 Å². The van der Waals surface area contributed by atoms with Gasteiger partial charge in [-0.05, 0) is 37.6 Å². The summed E-state index contributed by atoms with van der Waals surface area (Å²) < 4.78 is 5.30. The molecule has 0 aliphatic heterocycles. The minimum Gasteiger partial charge on any atom is -0.494 e. The lowest BCUT2D eigenvalue weighted by Gasteiger charge is -2.08. The van der Waals surface area contributed by atoms with E-state index >= 15 is 0 Å². The Balaban J connectivity index is 2.25. The van der Waals surface area contributed by atoms with Crippen LogP contribution in [0.1, 0.15) is 13.3 Å². The maximum atomic E-state index is 11.5. The summed E-state index contributed by atoms with van der Waals surface area (Å²) in [5, 5.41) is 7.92. The standard InChI is InChI=1S/C13H19N3O3/c1-2-19-12-6-4-11(5-7-12)16-13(18)15-9-3-8-14-10-17/h4-7,10H,2-3,8-9H2,1H3,(H,14,17)(H2,15,16,18). The third-order valence-corrected chi connectivity index (χ3v) is 2.29. The highest BCUT2D eigenvalue weighted by atomic mass is 16.5. The van der Waals surface area contributed by atoms with Gasteiger partial charge in [0.2, 0.25) is 6.41 Å². The van der Waals surface area contributed by atoms with Crippen LogP contribution in [0.5, 0.6) is 5.75 Å². The fraction of sp³-hybridized carbons (Fsp3) is 0.385. The molecule has 0 aliphatic carbocycles. The molecule has 104 valence electrons. The van der Waals surface area contributed by atoms with Gasteiger partial charge in [-0.15, -0.1) is 0 Å². The zero-order chi connectivity index (χ0) is 13.9. The average molecular weight is 265 g/mol. The maximum Gasteiger partial charge on any atom is 0.319 e. The monoisotopic (exact) mass is 265 g/mol. The minimum absolute atomic E-state index is 0.268. The Morgan fingerprint density at radius 3 is 2.63 bits per heavy atom. The Labute approximate surface area is 112 Å². The molecular formula is C13H19N3O3. The van der Waals surface area contributed by atoms with Crippen molar-refractivity contribution in [2.75, 3.05) is 25.0 Å². The first kappa shape index (κ1) is 14.8. The van der Waals surface area contributed by atoms with Crippen molar-refractivity contribution in [1.29, 1.82) is 0 Å². The molecule has 0 spiro atoms. The summed E-state index contributed by atoms with van der Waals surface area (Å²) in [5.41, 5.74) is 0.701. The fourth-order valence-corrected chi connectivity index (χ4v) is 1.43. The molecule has 3 N–H and O–H groups in total. The van der Waals surface area contributed by atoms with E-state index < -0.39 is 0 Å². The van der Waals surface area contributed by atoms with Gasteiger partial charge in [0.05, 0.1) is 6.61 Å². The highest BCUT2D eigenvalue weighted by Crippen LogP contribution is 2.15. The molecule has 1 rings (SSSR count). The Morgan fingerprint density at radius 1 is 1.26 bits per heavy atom. The number of anilines is 1. The van der Waals surface area contributed by atoms with Crippen molar-refractivity contribution in [3.05, 3.63) is 24.3 Å². The van der Waals surface area contributed by atoms with E-state index in [0.717, 1.165) is 5.75 Å². The summed E-state index contributed by atoms with van der Waals surface area (Å²) in [6.45, 7) is 3.58. The largest absolute Gasteiger partial charge is 0.494 e. The van der Waals surface area contributed by atoms with E-state index in [0.29, 0.717) is 38.2 Å². The fourth-order valence-electron chi connectivity index (χ4n) is 1.43. The predicted molar refractivity (Wildman–Crippen MR) is 73.3 cm³/mol. The number of hydrogen-bond donors (Lipinski definition) is 3. The Morgan fingerprint density at radius 2 is 2.00 bits per heavy atom. The van der Waals surface area contributed by atoms with Crippen LogP contribution in [0.2, 0.25) is 0 Å². The van der Waals surface area contributed by atoms with Crippen molar-refractivity contribution >= 4 is 18.1 Å². The van der Waals surface area contributed by atoms with Crippen LogP contribution >= 0.6 is 0 Å². The van der Waals surface area contributed by atoms with Crippen LogP contribution in [0.4, 0.5) is 10.5 Å². The number of carbonyl (C=O) groups excluding carboxylic acids is 2. The van der Waals surface area contributed by atoms with E-state index in [2.05, 4.69) is 16.0 Å². The molecule has 0 saturated heterocycles. The van der Waals surface area contributed by atoms with E-state index in [4.69, 9.17) is 4.74 Å². The quantitative estimate of drug-likeness (QED) is 0.490. The number of nitrogens with one attached hydrogen (secondary N) is 3. The molecule has 3 amide bonds. The van der Waals surface area contributed by atoms with E-state index in [1.165, 1.54) is 0 Å². The topological polar surface area (TPSA) is 79.5 Å². The van der Waals surface area contributed by atoms with Crippen molar-refractivity contribution in [1.82, 2.24) is 10.6 Å². The van der Waals surface area contributed by atoms with Gasteiger partial charge in [0.25, 0.3) is 0 Å². The highest BCUT2D eigenvalue weighted by molar-refractivity contribution is 5.89. The molecule has 0 saturated carbocycles. The number of urea groups is 1. The lowest BCUT2D eigenvalue weighted by Crippen LogP contribution is -2.31. The van der Waals surface area contributed by atoms with Crippen molar-refractivity contribution in [2.24, 2.45) is 0 Å². The summed E-state index contributed by atoms with van der Waals surface area (Å²) in [4.78, 5) is 21.5. The summed E-state index contributed by atoms with van der Waals surface area (Å²) in [7, 11) is 0. The minimum atomic E-state index is -0.268. The molecular weight excluding hydrogens is 246 g/mol. The molecule has 6 heteroatoms. The summed E-state index contributed by atoms with van der Waals surface area (Å²) >= 11 is 0. The van der Waals surface area contributed by atoms with Gasteiger partial charge in [0, 0.05) is 18.8 Å². The van der Waals surface area contributed by atoms with Crippen LogP contribution in [-0.4, -0.2) is 32.1 Å². The lowest BCUT2D eigenvalue weighted by molar-refractivity contribution is -0.109. The third-order valence-electron chi connectivity index (χ3n) is 2.29. The summed E-state index contributed by atoms with van der Waals surface area (Å²) in [6, 6.07) is 6.88. The molecule has 0 atom stereocenters. The molecule has 1 aromatic carbocycles. The first-order chi connectivity index (χ1) is 9.26. The number of carbonyl (C=O) groups is 2. The third kappa shape index (κ3) is 6.30. The molecule has 0 bridgehead atoms. The van der Waals surface area contributed by atoms with Crippen LogP contribution in [0, 0.1) is 0 Å². The van der Waals surface area contributed by atoms with Gasteiger partial charge in [-0.25, -0.2) is 4.79 Å². The molecule has 1 aromatic rings. The van der Waals surface area contributed by atoms with Gasteiger partial charge in [-0.3, -0.25) is 4.79 Å². The smallest absolute Gasteiger partial charge is 0.319 e. The van der Waals surface area contributed by atoms with Gasteiger partial charge < -0.3 is 20.7 Å². The molecule has 0 aromatic heterocycles. The summed E-state index contributed by atoms with van der Waals surface area (Å²) in [6.07, 6.45) is 1.33. The first-order valence-electron chi connectivity index (χ1n) is 6.21.